The topological polar surface area (TPSA) is 29.5 Å². The zero-order valence-electron chi connectivity index (χ0n) is 11.0. The van der Waals surface area contributed by atoms with Gasteiger partial charge in [-0.3, -0.25) is 0 Å². The standard InChI is InChI=1S/C13H23NO2/c1-8-10(2)9-11(3)14(7)12(15)16-13(4,5)6/h8,11H,1-2,9H2,3-7H3. The molecule has 1 atom stereocenters. The van der Waals surface area contributed by atoms with E-state index in [4.69, 9.17) is 4.74 Å². The average molecular weight is 225 g/mol. The van der Waals surface area contributed by atoms with E-state index in [1.807, 2.05) is 27.7 Å². The Hall–Kier alpha value is -1.25. The van der Waals surface area contributed by atoms with E-state index >= 15 is 0 Å². The van der Waals surface area contributed by atoms with E-state index in [1.165, 1.54) is 0 Å². The Labute approximate surface area is 98.8 Å². The first-order valence-corrected chi connectivity index (χ1v) is 5.43. The molecule has 16 heavy (non-hydrogen) atoms. The van der Waals surface area contributed by atoms with Crippen LogP contribution in [0.5, 0.6) is 0 Å². The number of amides is 1. The molecular formula is C13H23NO2. The molecule has 0 radical (unpaired) electrons. The lowest BCUT2D eigenvalue weighted by atomic mass is 10.1. The maximum atomic E-state index is 11.7. The zero-order valence-corrected chi connectivity index (χ0v) is 11.0. The number of ether oxygens (including phenoxy) is 1. The summed E-state index contributed by atoms with van der Waals surface area (Å²) >= 11 is 0. The molecule has 3 nitrogen and oxygen atoms in total. The van der Waals surface area contributed by atoms with Crippen LogP contribution in [-0.4, -0.2) is 29.7 Å². The van der Waals surface area contributed by atoms with Gasteiger partial charge in [-0.2, -0.15) is 0 Å². The first kappa shape index (κ1) is 14.8. The fourth-order valence-electron chi connectivity index (χ4n) is 1.11. The van der Waals surface area contributed by atoms with Gasteiger partial charge in [-0.1, -0.05) is 24.8 Å². The average Bonchev–Trinajstić information content (AvgIpc) is 2.13. The Bertz CT molecular complexity index is 276. The predicted octanol–water partition coefficient (Wildman–Crippen LogP) is 3.37. The minimum atomic E-state index is -0.458. The Morgan fingerprint density at radius 2 is 2.00 bits per heavy atom. The number of carbonyl (C=O) groups is 1. The Balaban J connectivity index is 4.32. The SMILES string of the molecule is C=CC(=C)CC(C)N(C)C(=O)OC(C)(C)C. The summed E-state index contributed by atoms with van der Waals surface area (Å²) in [5.41, 5.74) is 0.462. The fraction of sp³-hybridized carbons (Fsp3) is 0.615. The molecule has 0 heterocycles. The summed E-state index contributed by atoms with van der Waals surface area (Å²) in [5.74, 6) is 0. The van der Waals surface area contributed by atoms with Crippen LogP contribution in [0.4, 0.5) is 4.79 Å². The van der Waals surface area contributed by atoms with Crippen molar-refractivity contribution in [3.05, 3.63) is 24.8 Å². The van der Waals surface area contributed by atoms with Crippen LogP contribution < -0.4 is 0 Å². The van der Waals surface area contributed by atoms with Crippen LogP contribution in [0.3, 0.4) is 0 Å². The number of nitrogens with zero attached hydrogens (tertiary/aromatic N) is 1. The largest absolute Gasteiger partial charge is 0.444 e. The van der Waals surface area contributed by atoms with Crippen LogP contribution >= 0.6 is 0 Å². The lowest BCUT2D eigenvalue weighted by Crippen LogP contribution is -2.39. The first-order valence-electron chi connectivity index (χ1n) is 5.43. The van der Waals surface area contributed by atoms with Crippen molar-refractivity contribution in [1.82, 2.24) is 4.90 Å². The molecule has 0 N–H and O–H groups in total. The molecule has 0 aliphatic rings. The summed E-state index contributed by atoms with van der Waals surface area (Å²) in [4.78, 5) is 13.3. The van der Waals surface area contributed by atoms with Crippen molar-refractivity contribution in [1.29, 1.82) is 0 Å². The molecule has 0 rings (SSSR count). The van der Waals surface area contributed by atoms with Crippen LogP contribution in [-0.2, 0) is 4.74 Å². The van der Waals surface area contributed by atoms with Gasteiger partial charge in [0.2, 0.25) is 0 Å². The van der Waals surface area contributed by atoms with E-state index < -0.39 is 5.60 Å². The molecule has 92 valence electrons. The van der Waals surface area contributed by atoms with Gasteiger partial charge in [0.15, 0.2) is 0 Å². The maximum Gasteiger partial charge on any atom is 0.410 e. The quantitative estimate of drug-likeness (QED) is 0.686. The smallest absolute Gasteiger partial charge is 0.410 e. The maximum absolute atomic E-state index is 11.7. The zero-order chi connectivity index (χ0) is 12.9. The lowest BCUT2D eigenvalue weighted by Gasteiger charge is -2.28. The number of carbonyl (C=O) groups excluding carboxylic acids is 1. The van der Waals surface area contributed by atoms with Gasteiger partial charge < -0.3 is 9.64 Å². The summed E-state index contributed by atoms with van der Waals surface area (Å²) in [6, 6.07) is 0.0559. The van der Waals surface area contributed by atoms with Gasteiger partial charge in [0.05, 0.1) is 0 Å². The molecule has 3 heteroatoms. The lowest BCUT2D eigenvalue weighted by molar-refractivity contribution is 0.0237. The Kier molecular flexibility index (Phi) is 5.28. The van der Waals surface area contributed by atoms with Gasteiger partial charge in [-0.05, 0) is 34.1 Å². The molecule has 0 spiro atoms. The Morgan fingerprint density at radius 3 is 2.38 bits per heavy atom. The summed E-state index contributed by atoms with van der Waals surface area (Å²) in [6.07, 6.45) is 2.11. The molecule has 0 aliphatic heterocycles. The summed E-state index contributed by atoms with van der Waals surface area (Å²) < 4.78 is 5.27. The van der Waals surface area contributed by atoms with Crippen molar-refractivity contribution in [2.45, 2.75) is 45.8 Å². The van der Waals surface area contributed by atoms with Gasteiger partial charge in [0.25, 0.3) is 0 Å². The number of hydrogen-bond donors (Lipinski definition) is 0. The highest BCUT2D eigenvalue weighted by molar-refractivity contribution is 5.68. The minimum absolute atomic E-state index is 0.0559. The van der Waals surface area contributed by atoms with Crippen molar-refractivity contribution in [2.24, 2.45) is 0 Å². The van der Waals surface area contributed by atoms with Crippen molar-refractivity contribution < 1.29 is 9.53 Å². The molecule has 0 saturated carbocycles. The van der Waals surface area contributed by atoms with Crippen LogP contribution in [0, 0.1) is 0 Å². The van der Waals surface area contributed by atoms with Crippen LogP contribution in [0.15, 0.2) is 24.8 Å². The first-order chi connectivity index (χ1) is 7.17. The van der Waals surface area contributed by atoms with E-state index in [1.54, 1.807) is 18.0 Å². The van der Waals surface area contributed by atoms with Crippen molar-refractivity contribution in [3.63, 3.8) is 0 Å². The van der Waals surface area contributed by atoms with Crippen molar-refractivity contribution in [3.8, 4) is 0 Å². The number of rotatable bonds is 4. The molecule has 0 bridgehead atoms. The van der Waals surface area contributed by atoms with E-state index in [-0.39, 0.29) is 12.1 Å². The molecule has 1 unspecified atom stereocenters. The highest BCUT2D eigenvalue weighted by Crippen LogP contribution is 2.14. The van der Waals surface area contributed by atoms with Gasteiger partial charge in [-0.15, -0.1) is 0 Å². The highest BCUT2D eigenvalue weighted by Gasteiger charge is 2.22. The fourth-order valence-corrected chi connectivity index (χ4v) is 1.11. The van der Waals surface area contributed by atoms with Gasteiger partial charge in [0.1, 0.15) is 5.60 Å². The third-order valence-electron chi connectivity index (χ3n) is 2.19. The predicted molar refractivity (Wildman–Crippen MR) is 67.4 cm³/mol. The summed E-state index contributed by atoms with van der Waals surface area (Å²) in [6.45, 7) is 15.0. The molecule has 0 aromatic rings. The van der Waals surface area contributed by atoms with Gasteiger partial charge >= 0.3 is 6.09 Å². The monoisotopic (exact) mass is 225 g/mol. The van der Waals surface area contributed by atoms with Crippen molar-refractivity contribution >= 4 is 6.09 Å². The molecule has 0 saturated heterocycles. The molecule has 0 aromatic heterocycles. The second-order valence-corrected chi connectivity index (χ2v) is 5.01. The third kappa shape index (κ3) is 5.59. The number of allylic oxidation sites excluding steroid dienone is 1. The normalized spacial score (nSPS) is 12.8. The second-order valence-electron chi connectivity index (χ2n) is 5.01. The molecular weight excluding hydrogens is 202 g/mol. The minimum Gasteiger partial charge on any atom is -0.444 e. The molecule has 0 aliphatic carbocycles. The van der Waals surface area contributed by atoms with Crippen LogP contribution in [0.25, 0.3) is 0 Å². The van der Waals surface area contributed by atoms with Crippen LogP contribution in [0.2, 0.25) is 0 Å². The van der Waals surface area contributed by atoms with E-state index in [0.29, 0.717) is 6.42 Å². The van der Waals surface area contributed by atoms with E-state index in [9.17, 15) is 4.79 Å². The second kappa shape index (κ2) is 5.73. The summed E-state index contributed by atoms with van der Waals surface area (Å²) in [7, 11) is 1.73. The highest BCUT2D eigenvalue weighted by atomic mass is 16.6. The van der Waals surface area contributed by atoms with E-state index in [2.05, 4.69) is 13.2 Å². The molecule has 1 amide bonds. The third-order valence-corrected chi connectivity index (χ3v) is 2.19. The van der Waals surface area contributed by atoms with E-state index in [0.717, 1.165) is 5.57 Å². The van der Waals surface area contributed by atoms with Crippen molar-refractivity contribution in [2.75, 3.05) is 7.05 Å². The van der Waals surface area contributed by atoms with Gasteiger partial charge in [-0.25, -0.2) is 4.79 Å². The molecule has 0 fully saturated rings. The molecule has 0 aromatic carbocycles. The number of hydrogen-bond acceptors (Lipinski definition) is 2. The van der Waals surface area contributed by atoms with Gasteiger partial charge in [0, 0.05) is 13.1 Å². The summed E-state index contributed by atoms with van der Waals surface area (Å²) in [5, 5.41) is 0. The van der Waals surface area contributed by atoms with Crippen LogP contribution in [0.1, 0.15) is 34.1 Å². The Morgan fingerprint density at radius 1 is 1.50 bits per heavy atom.